The number of rotatable bonds is 6. The van der Waals surface area contributed by atoms with Crippen LogP contribution >= 0.6 is 0 Å². The summed E-state index contributed by atoms with van der Waals surface area (Å²) in [5.74, 6) is 0. The zero-order valence-corrected chi connectivity index (χ0v) is 11.1. The Bertz CT molecular complexity index is 194. The third-order valence-corrected chi connectivity index (χ3v) is 3.16. The van der Waals surface area contributed by atoms with Gasteiger partial charge in [-0.2, -0.15) is 0 Å². The Morgan fingerprint density at radius 3 is 2.81 bits per heavy atom. The van der Waals surface area contributed by atoms with E-state index in [2.05, 4.69) is 31.0 Å². The maximum absolute atomic E-state index is 9.63. The van der Waals surface area contributed by atoms with E-state index >= 15 is 0 Å². The second-order valence-electron chi connectivity index (χ2n) is 5.87. The van der Waals surface area contributed by atoms with E-state index in [-0.39, 0.29) is 6.10 Å². The van der Waals surface area contributed by atoms with Gasteiger partial charge >= 0.3 is 0 Å². The number of nitrogens with zero attached hydrogens (tertiary/aromatic N) is 1. The average Bonchev–Trinajstić information content (AvgIpc) is 2.17. The second-order valence-corrected chi connectivity index (χ2v) is 5.87. The normalized spacial score (nSPS) is 23.6. The van der Waals surface area contributed by atoms with Gasteiger partial charge in [-0.1, -0.05) is 20.8 Å². The molecule has 0 bridgehead atoms. The zero-order valence-electron chi connectivity index (χ0n) is 11.1. The summed E-state index contributed by atoms with van der Waals surface area (Å²) in [5.41, 5.74) is 0.298. The van der Waals surface area contributed by atoms with Gasteiger partial charge in [0.2, 0.25) is 0 Å². The Balaban J connectivity index is 2.27. The predicted octanol–water partition coefficient (Wildman–Crippen LogP) is 1.47. The van der Waals surface area contributed by atoms with Gasteiger partial charge in [-0.05, 0) is 37.8 Å². The molecule has 0 radical (unpaired) electrons. The number of β-amino-alcohol motifs (C(OH)–C–C–N with tert-alkyl or cyclic N) is 1. The van der Waals surface area contributed by atoms with E-state index in [1.54, 1.807) is 0 Å². The first-order valence-electron chi connectivity index (χ1n) is 6.64. The molecule has 1 aliphatic heterocycles. The highest BCUT2D eigenvalue weighted by Crippen LogP contribution is 2.19. The molecule has 1 saturated heterocycles. The lowest BCUT2D eigenvalue weighted by Crippen LogP contribution is -2.46. The number of aliphatic hydroxyl groups is 1. The smallest absolute Gasteiger partial charge is 0.0667 e. The quantitative estimate of drug-likeness (QED) is 0.676. The minimum Gasteiger partial charge on any atom is -0.392 e. The van der Waals surface area contributed by atoms with Crippen molar-refractivity contribution >= 4 is 0 Å². The fraction of sp³-hybridized carbons (Fsp3) is 1.00. The van der Waals surface area contributed by atoms with Crippen LogP contribution in [0.2, 0.25) is 0 Å². The number of aliphatic hydroxyl groups excluding tert-OH is 1. The van der Waals surface area contributed by atoms with Crippen molar-refractivity contribution < 1.29 is 5.11 Å². The SMILES string of the molecule is CCCNCC(C)(C)CN1CCCC(O)C1. The van der Waals surface area contributed by atoms with Crippen molar-refractivity contribution in [2.24, 2.45) is 5.41 Å². The standard InChI is InChI=1S/C13H28N2O/c1-4-7-14-10-13(2,3)11-15-8-5-6-12(16)9-15/h12,14,16H,4-11H2,1-3H3. The molecule has 0 spiro atoms. The summed E-state index contributed by atoms with van der Waals surface area (Å²) in [6, 6.07) is 0. The number of piperidine rings is 1. The van der Waals surface area contributed by atoms with Gasteiger partial charge in [0, 0.05) is 19.6 Å². The lowest BCUT2D eigenvalue weighted by atomic mass is 9.91. The van der Waals surface area contributed by atoms with E-state index in [1.165, 1.54) is 6.42 Å². The molecule has 0 amide bonds. The molecule has 16 heavy (non-hydrogen) atoms. The molecule has 0 aromatic heterocycles. The molecule has 0 saturated carbocycles. The van der Waals surface area contributed by atoms with E-state index in [1.807, 2.05) is 0 Å². The lowest BCUT2D eigenvalue weighted by Gasteiger charge is -2.36. The number of hydrogen-bond donors (Lipinski definition) is 2. The van der Waals surface area contributed by atoms with Crippen LogP contribution in [-0.2, 0) is 0 Å². The van der Waals surface area contributed by atoms with Crippen molar-refractivity contribution in [1.29, 1.82) is 0 Å². The van der Waals surface area contributed by atoms with Crippen LogP contribution in [0, 0.1) is 5.41 Å². The van der Waals surface area contributed by atoms with Crippen LogP contribution in [0.15, 0.2) is 0 Å². The monoisotopic (exact) mass is 228 g/mol. The van der Waals surface area contributed by atoms with Gasteiger partial charge in [-0.25, -0.2) is 0 Å². The van der Waals surface area contributed by atoms with Gasteiger partial charge in [0.1, 0.15) is 0 Å². The molecule has 96 valence electrons. The molecule has 0 aromatic rings. The molecule has 0 aliphatic carbocycles. The van der Waals surface area contributed by atoms with Crippen molar-refractivity contribution in [1.82, 2.24) is 10.2 Å². The summed E-state index contributed by atoms with van der Waals surface area (Å²) in [6.45, 7) is 12.1. The fourth-order valence-electron chi connectivity index (χ4n) is 2.44. The summed E-state index contributed by atoms with van der Waals surface area (Å²) < 4.78 is 0. The molecule has 1 fully saturated rings. The van der Waals surface area contributed by atoms with Gasteiger partial charge < -0.3 is 15.3 Å². The largest absolute Gasteiger partial charge is 0.392 e. The van der Waals surface area contributed by atoms with Gasteiger partial charge in [0.15, 0.2) is 0 Å². The molecule has 1 heterocycles. The van der Waals surface area contributed by atoms with E-state index in [0.29, 0.717) is 5.41 Å². The lowest BCUT2D eigenvalue weighted by molar-refractivity contribution is 0.0502. The van der Waals surface area contributed by atoms with E-state index in [0.717, 1.165) is 45.6 Å². The van der Waals surface area contributed by atoms with Crippen LogP contribution in [0.3, 0.4) is 0 Å². The Hall–Kier alpha value is -0.120. The minimum absolute atomic E-state index is 0.104. The Morgan fingerprint density at radius 2 is 2.19 bits per heavy atom. The highest BCUT2D eigenvalue weighted by molar-refractivity contribution is 4.80. The first kappa shape index (κ1) is 13.9. The Labute approximate surface area is 100 Å². The van der Waals surface area contributed by atoms with E-state index in [9.17, 15) is 5.11 Å². The van der Waals surface area contributed by atoms with Gasteiger partial charge in [0.25, 0.3) is 0 Å². The van der Waals surface area contributed by atoms with Crippen LogP contribution in [0.1, 0.15) is 40.0 Å². The van der Waals surface area contributed by atoms with Gasteiger partial charge in [0.05, 0.1) is 6.10 Å². The van der Waals surface area contributed by atoms with Gasteiger partial charge in [-0.3, -0.25) is 0 Å². The van der Waals surface area contributed by atoms with Crippen LogP contribution in [0.5, 0.6) is 0 Å². The van der Waals surface area contributed by atoms with Crippen molar-refractivity contribution in [3.8, 4) is 0 Å². The number of likely N-dealkylation sites (tertiary alicyclic amines) is 1. The summed E-state index contributed by atoms with van der Waals surface area (Å²) >= 11 is 0. The molecular formula is C13H28N2O. The molecule has 3 nitrogen and oxygen atoms in total. The van der Waals surface area contributed by atoms with Crippen LogP contribution < -0.4 is 5.32 Å². The maximum Gasteiger partial charge on any atom is 0.0667 e. The first-order valence-corrected chi connectivity index (χ1v) is 6.64. The molecule has 1 atom stereocenters. The zero-order chi connectivity index (χ0) is 12.0. The summed E-state index contributed by atoms with van der Waals surface area (Å²) in [5, 5.41) is 13.1. The van der Waals surface area contributed by atoms with Crippen molar-refractivity contribution in [3.05, 3.63) is 0 Å². The highest BCUT2D eigenvalue weighted by atomic mass is 16.3. The average molecular weight is 228 g/mol. The molecule has 3 heteroatoms. The van der Waals surface area contributed by atoms with Crippen molar-refractivity contribution in [3.63, 3.8) is 0 Å². The topological polar surface area (TPSA) is 35.5 Å². The molecule has 0 aromatic carbocycles. The maximum atomic E-state index is 9.63. The van der Waals surface area contributed by atoms with Crippen molar-refractivity contribution in [2.75, 3.05) is 32.7 Å². The van der Waals surface area contributed by atoms with Crippen LogP contribution in [0.4, 0.5) is 0 Å². The first-order chi connectivity index (χ1) is 7.53. The molecule has 1 rings (SSSR count). The minimum atomic E-state index is -0.104. The van der Waals surface area contributed by atoms with Crippen molar-refractivity contribution in [2.45, 2.75) is 46.1 Å². The predicted molar refractivity (Wildman–Crippen MR) is 68.6 cm³/mol. The van der Waals surface area contributed by atoms with Crippen LogP contribution in [0.25, 0.3) is 0 Å². The third kappa shape index (κ3) is 5.28. The highest BCUT2D eigenvalue weighted by Gasteiger charge is 2.25. The Morgan fingerprint density at radius 1 is 1.44 bits per heavy atom. The van der Waals surface area contributed by atoms with Crippen LogP contribution in [-0.4, -0.2) is 48.8 Å². The summed E-state index contributed by atoms with van der Waals surface area (Å²) in [7, 11) is 0. The summed E-state index contributed by atoms with van der Waals surface area (Å²) in [6.07, 6.45) is 3.21. The molecular weight excluding hydrogens is 200 g/mol. The molecule has 1 unspecified atom stereocenters. The fourth-order valence-corrected chi connectivity index (χ4v) is 2.44. The third-order valence-electron chi connectivity index (χ3n) is 3.16. The van der Waals surface area contributed by atoms with E-state index in [4.69, 9.17) is 0 Å². The molecule has 2 N–H and O–H groups in total. The molecule has 1 aliphatic rings. The van der Waals surface area contributed by atoms with Gasteiger partial charge in [-0.15, -0.1) is 0 Å². The second kappa shape index (κ2) is 6.58. The summed E-state index contributed by atoms with van der Waals surface area (Å²) in [4.78, 5) is 2.40. The number of hydrogen-bond acceptors (Lipinski definition) is 3. The number of nitrogens with one attached hydrogen (secondary N) is 1. The van der Waals surface area contributed by atoms with E-state index < -0.39 is 0 Å². The Kier molecular flexibility index (Phi) is 5.73.